The summed E-state index contributed by atoms with van der Waals surface area (Å²) in [7, 11) is 0. The van der Waals surface area contributed by atoms with E-state index < -0.39 is 6.10 Å². The first-order valence-electron chi connectivity index (χ1n) is 6.96. The van der Waals surface area contributed by atoms with Crippen LogP contribution in [0.5, 0.6) is 0 Å². The fourth-order valence-corrected chi connectivity index (χ4v) is 1.49. The molecule has 1 atom stereocenters. The van der Waals surface area contributed by atoms with Crippen molar-refractivity contribution in [1.29, 1.82) is 0 Å². The van der Waals surface area contributed by atoms with E-state index in [9.17, 15) is 5.11 Å². The van der Waals surface area contributed by atoms with Crippen LogP contribution in [0, 0.1) is 0 Å². The smallest absolute Gasteiger partial charge is 0.0897 e. The molecule has 5 heteroatoms. The van der Waals surface area contributed by atoms with Gasteiger partial charge < -0.3 is 25.0 Å². The van der Waals surface area contributed by atoms with Gasteiger partial charge in [-0.1, -0.05) is 26.2 Å². The van der Waals surface area contributed by atoms with Crippen molar-refractivity contribution in [3.05, 3.63) is 0 Å². The maximum Gasteiger partial charge on any atom is 0.0897 e. The average Bonchev–Trinajstić information content (AvgIpc) is 2.38. The third-order valence-corrected chi connectivity index (χ3v) is 2.49. The van der Waals surface area contributed by atoms with E-state index in [0.29, 0.717) is 32.9 Å². The standard InChI is InChI=1S/C13H29NO4/c1-2-3-4-5-8-18-12-13(16)11-14-6-9-17-10-7-15/h13-16H,2-12H2,1H3. The van der Waals surface area contributed by atoms with E-state index in [1.54, 1.807) is 0 Å². The summed E-state index contributed by atoms with van der Waals surface area (Å²) in [5, 5.41) is 21.1. The second-order valence-electron chi connectivity index (χ2n) is 4.33. The monoisotopic (exact) mass is 263 g/mol. The van der Waals surface area contributed by atoms with Crippen molar-refractivity contribution in [2.45, 2.75) is 38.7 Å². The first kappa shape index (κ1) is 17.8. The second kappa shape index (κ2) is 14.9. The number of unbranched alkanes of at least 4 members (excludes halogenated alkanes) is 3. The molecule has 0 aromatic carbocycles. The fourth-order valence-electron chi connectivity index (χ4n) is 1.49. The molecule has 110 valence electrons. The van der Waals surface area contributed by atoms with Gasteiger partial charge in [0.15, 0.2) is 0 Å². The SMILES string of the molecule is CCCCCCOCC(O)CNCCOCCO. The maximum absolute atomic E-state index is 9.59. The molecule has 18 heavy (non-hydrogen) atoms. The van der Waals surface area contributed by atoms with E-state index >= 15 is 0 Å². The number of rotatable bonds is 14. The van der Waals surface area contributed by atoms with Crippen molar-refractivity contribution < 1.29 is 19.7 Å². The molecule has 5 nitrogen and oxygen atoms in total. The first-order valence-corrected chi connectivity index (χ1v) is 6.96. The Morgan fingerprint density at radius 1 is 1.06 bits per heavy atom. The Kier molecular flexibility index (Phi) is 14.7. The number of ether oxygens (including phenoxy) is 2. The molecular formula is C13H29NO4. The average molecular weight is 263 g/mol. The van der Waals surface area contributed by atoms with Crippen LogP contribution in [0.1, 0.15) is 32.6 Å². The summed E-state index contributed by atoms with van der Waals surface area (Å²) < 4.78 is 10.5. The number of nitrogens with one attached hydrogen (secondary N) is 1. The molecule has 0 radical (unpaired) electrons. The highest BCUT2D eigenvalue weighted by Gasteiger charge is 2.03. The molecule has 0 fully saturated rings. The summed E-state index contributed by atoms with van der Waals surface area (Å²) in [4.78, 5) is 0. The lowest BCUT2D eigenvalue weighted by atomic mass is 10.2. The Morgan fingerprint density at radius 2 is 1.89 bits per heavy atom. The van der Waals surface area contributed by atoms with Crippen LogP contribution in [0.2, 0.25) is 0 Å². The lowest BCUT2D eigenvalue weighted by molar-refractivity contribution is 0.0336. The van der Waals surface area contributed by atoms with Crippen LogP contribution in [0.3, 0.4) is 0 Å². The molecular weight excluding hydrogens is 234 g/mol. The van der Waals surface area contributed by atoms with Gasteiger partial charge in [-0.3, -0.25) is 0 Å². The van der Waals surface area contributed by atoms with Gasteiger partial charge in [-0.2, -0.15) is 0 Å². The zero-order valence-corrected chi connectivity index (χ0v) is 11.6. The van der Waals surface area contributed by atoms with Crippen molar-refractivity contribution in [3.8, 4) is 0 Å². The molecule has 0 rings (SSSR count). The second-order valence-corrected chi connectivity index (χ2v) is 4.33. The van der Waals surface area contributed by atoms with Gasteiger partial charge in [-0.15, -0.1) is 0 Å². The summed E-state index contributed by atoms with van der Waals surface area (Å²) in [6.07, 6.45) is 4.29. The van der Waals surface area contributed by atoms with Crippen LogP contribution in [0.25, 0.3) is 0 Å². The molecule has 0 saturated carbocycles. The van der Waals surface area contributed by atoms with E-state index in [4.69, 9.17) is 14.6 Å². The quantitative estimate of drug-likeness (QED) is 0.399. The Labute approximate surface area is 110 Å². The van der Waals surface area contributed by atoms with E-state index in [2.05, 4.69) is 12.2 Å². The van der Waals surface area contributed by atoms with Crippen molar-refractivity contribution in [2.24, 2.45) is 0 Å². The van der Waals surface area contributed by atoms with Crippen LogP contribution in [-0.4, -0.2) is 62.4 Å². The number of aliphatic hydroxyl groups is 2. The van der Waals surface area contributed by atoms with Gasteiger partial charge in [0.1, 0.15) is 0 Å². The Morgan fingerprint density at radius 3 is 2.61 bits per heavy atom. The van der Waals surface area contributed by atoms with Crippen molar-refractivity contribution in [2.75, 3.05) is 46.1 Å². The fraction of sp³-hybridized carbons (Fsp3) is 1.00. The summed E-state index contributed by atoms with van der Waals surface area (Å²) in [6, 6.07) is 0. The Bertz CT molecular complexity index is 142. The van der Waals surface area contributed by atoms with Crippen LogP contribution >= 0.6 is 0 Å². The topological polar surface area (TPSA) is 71.0 Å². The van der Waals surface area contributed by atoms with E-state index in [1.165, 1.54) is 19.3 Å². The van der Waals surface area contributed by atoms with Crippen LogP contribution in [-0.2, 0) is 9.47 Å². The molecule has 0 aliphatic rings. The minimum Gasteiger partial charge on any atom is -0.394 e. The van der Waals surface area contributed by atoms with Gasteiger partial charge in [0, 0.05) is 19.7 Å². The zero-order chi connectivity index (χ0) is 13.5. The summed E-state index contributed by atoms with van der Waals surface area (Å²) >= 11 is 0. The molecule has 0 aromatic heterocycles. The van der Waals surface area contributed by atoms with E-state index in [0.717, 1.165) is 13.0 Å². The molecule has 0 bridgehead atoms. The minimum atomic E-state index is -0.464. The van der Waals surface area contributed by atoms with E-state index in [-0.39, 0.29) is 6.61 Å². The predicted octanol–water partition coefficient (Wildman–Crippen LogP) is 0.543. The predicted molar refractivity (Wildman–Crippen MR) is 71.7 cm³/mol. The van der Waals surface area contributed by atoms with Crippen LogP contribution in [0.4, 0.5) is 0 Å². The molecule has 1 unspecified atom stereocenters. The summed E-state index contributed by atoms with van der Waals surface area (Å²) in [5.74, 6) is 0. The third-order valence-electron chi connectivity index (χ3n) is 2.49. The minimum absolute atomic E-state index is 0.0501. The molecule has 0 spiro atoms. The van der Waals surface area contributed by atoms with Gasteiger partial charge in [0.05, 0.1) is 32.5 Å². The number of hydrogen-bond donors (Lipinski definition) is 3. The zero-order valence-electron chi connectivity index (χ0n) is 11.6. The highest BCUT2D eigenvalue weighted by molar-refractivity contribution is 4.58. The van der Waals surface area contributed by atoms with Gasteiger partial charge in [-0.05, 0) is 6.42 Å². The Balaban J connectivity index is 3.10. The molecule has 3 N–H and O–H groups in total. The van der Waals surface area contributed by atoms with Crippen LogP contribution in [0.15, 0.2) is 0 Å². The Hall–Kier alpha value is -0.200. The highest BCUT2D eigenvalue weighted by Crippen LogP contribution is 1.99. The van der Waals surface area contributed by atoms with Gasteiger partial charge >= 0.3 is 0 Å². The third kappa shape index (κ3) is 13.9. The molecule has 0 aliphatic heterocycles. The molecule has 0 saturated heterocycles. The van der Waals surface area contributed by atoms with Crippen molar-refractivity contribution in [1.82, 2.24) is 5.32 Å². The largest absolute Gasteiger partial charge is 0.394 e. The molecule has 0 amide bonds. The molecule has 0 aliphatic carbocycles. The number of hydrogen-bond acceptors (Lipinski definition) is 5. The lowest BCUT2D eigenvalue weighted by Crippen LogP contribution is -2.32. The van der Waals surface area contributed by atoms with Crippen LogP contribution < -0.4 is 5.32 Å². The van der Waals surface area contributed by atoms with Crippen molar-refractivity contribution >= 4 is 0 Å². The highest BCUT2D eigenvalue weighted by atomic mass is 16.5. The number of aliphatic hydroxyl groups excluding tert-OH is 2. The molecule has 0 aromatic rings. The normalized spacial score (nSPS) is 12.8. The van der Waals surface area contributed by atoms with Gasteiger partial charge in [0.2, 0.25) is 0 Å². The summed E-state index contributed by atoms with van der Waals surface area (Å²) in [6.45, 7) is 5.45. The maximum atomic E-state index is 9.59. The first-order chi connectivity index (χ1) is 8.81. The van der Waals surface area contributed by atoms with Crippen molar-refractivity contribution in [3.63, 3.8) is 0 Å². The van der Waals surface area contributed by atoms with Gasteiger partial charge in [-0.25, -0.2) is 0 Å². The summed E-state index contributed by atoms with van der Waals surface area (Å²) in [5.41, 5.74) is 0. The van der Waals surface area contributed by atoms with Gasteiger partial charge in [0.25, 0.3) is 0 Å². The van der Waals surface area contributed by atoms with E-state index in [1.807, 2.05) is 0 Å². The molecule has 0 heterocycles. The lowest BCUT2D eigenvalue weighted by Gasteiger charge is -2.12.